The topological polar surface area (TPSA) is 37.0 Å². The maximum atomic E-state index is 4.19. The van der Waals surface area contributed by atoms with Crippen molar-refractivity contribution < 1.29 is 0 Å². The normalized spacial score (nSPS) is 27.8. The van der Waals surface area contributed by atoms with E-state index in [1.54, 1.807) is 11.3 Å². The lowest BCUT2D eigenvalue weighted by molar-refractivity contribution is 0.439. The Morgan fingerprint density at radius 2 is 2.69 bits per heavy atom. The first-order chi connectivity index (χ1) is 6.29. The van der Waals surface area contributed by atoms with Crippen LogP contribution in [0.25, 0.3) is 0 Å². The van der Waals surface area contributed by atoms with Gasteiger partial charge in [-0.15, -0.1) is 11.3 Å². The van der Waals surface area contributed by atoms with Crippen LogP contribution in [0, 0.1) is 0 Å². The zero-order chi connectivity index (χ0) is 9.15. The molecule has 0 saturated carbocycles. The van der Waals surface area contributed by atoms with Crippen molar-refractivity contribution in [2.24, 2.45) is 0 Å². The Balaban J connectivity index is 1.85. The van der Waals surface area contributed by atoms with Crippen LogP contribution in [0.4, 0.5) is 5.13 Å². The fourth-order valence-corrected chi connectivity index (χ4v) is 2.22. The first-order valence-corrected chi connectivity index (χ1v) is 5.55. The van der Waals surface area contributed by atoms with Crippen molar-refractivity contribution in [2.75, 3.05) is 18.4 Å². The Bertz CT molecular complexity index is 252. The molecule has 72 valence electrons. The van der Waals surface area contributed by atoms with Crippen LogP contribution < -0.4 is 10.6 Å². The van der Waals surface area contributed by atoms with E-state index in [0.717, 1.165) is 18.2 Å². The van der Waals surface area contributed by atoms with E-state index in [0.29, 0.717) is 0 Å². The predicted octanol–water partition coefficient (Wildman–Crippen LogP) is 1.70. The molecule has 1 fully saturated rings. The average Bonchev–Trinajstić information content (AvgIpc) is 2.72. The Kier molecular flexibility index (Phi) is 2.51. The minimum absolute atomic E-state index is 0.270. The number of aromatic nitrogens is 1. The molecular formula is C9H15N3S. The number of nitrogens with zero attached hydrogens (tertiary/aromatic N) is 1. The highest BCUT2D eigenvalue weighted by Gasteiger charge is 2.27. The molecule has 0 aromatic carbocycles. The Morgan fingerprint density at radius 3 is 3.31 bits per heavy atom. The molecule has 1 aliphatic rings. The fourth-order valence-electron chi connectivity index (χ4n) is 1.69. The Morgan fingerprint density at radius 1 is 1.77 bits per heavy atom. The number of anilines is 1. The number of hydrogen-bond donors (Lipinski definition) is 2. The van der Waals surface area contributed by atoms with Crippen LogP contribution >= 0.6 is 11.3 Å². The number of hydrogen-bond acceptors (Lipinski definition) is 4. The van der Waals surface area contributed by atoms with Gasteiger partial charge in [0.25, 0.3) is 0 Å². The van der Waals surface area contributed by atoms with Crippen molar-refractivity contribution in [1.29, 1.82) is 0 Å². The van der Waals surface area contributed by atoms with Gasteiger partial charge < -0.3 is 10.6 Å². The SMILES string of the molecule is CC1(CNc2nccs2)CCCN1. The molecule has 1 aromatic rings. The molecule has 0 aliphatic carbocycles. The maximum Gasteiger partial charge on any atom is 0.182 e. The summed E-state index contributed by atoms with van der Waals surface area (Å²) in [6.45, 7) is 4.39. The van der Waals surface area contributed by atoms with E-state index >= 15 is 0 Å². The highest BCUT2D eigenvalue weighted by molar-refractivity contribution is 7.13. The maximum absolute atomic E-state index is 4.19. The van der Waals surface area contributed by atoms with E-state index in [-0.39, 0.29) is 5.54 Å². The summed E-state index contributed by atoms with van der Waals surface area (Å²) in [5.74, 6) is 0. The summed E-state index contributed by atoms with van der Waals surface area (Å²) in [5.41, 5.74) is 0.270. The molecule has 0 bridgehead atoms. The molecule has 4 heteroatoms. The van der Waals surface area contributed by atoms with Crippen LogP contribution in [-0.2, 0) is 0 Å². The Labute approximate surface area is 82.6 Å². The summed E-state index contributed by atoms with van der Waals surface area (Å²) in [5, 5.41) is 9.88. The standard InChI is InChI=1S/C9H15N3S/c1-9(3-2-4-12-9)7-11-8-10-5-6-13-8/h5-6,12H,2-4,7H2,1H3,(H,10,11). The van der Waals surface area contributed by atoms with Gasteiger partial charge in [-0.3, -0.25) is 0 Å². The molecule has 2 heterocycles. The molecule has 1 aliphatic heterocycles. The monoisotopic (exact) mass is 197 g/mol. The van der Waals surface area contributed by atoms with E-state index in [2.05, 4.69) is 22.5 Å². The molecule has 3 nitrogen and oxygen atoms in total. The molecule has 2 rings (SSSR count). The molecular weight excluding hydrogens is 182 g/mol. The predicted molar refractivity (Wildman–Crippen MR) is 56.2 cm³/mol. The summed E-state index contributed by atoms with van der Waals surface area (Å²) in [4.78, 5) is 4.19. The first kappa shape index (κ1) is 8.97. The zero-order valence-electron chi connectivity index (χ0n) is 7.84. The second kappa shape index (κ2) is 3.64. The van der Waals surface area contributed by atoms with Gasteiger partial charge in [0.2, 0.25) is 0 Å². The third kappa shape index (κ3) is 2.19. The Hall–Kier alpha value is -0.610. The van der Waals surface area contributed by atoms with Crippen molar-refractivity contribution in [1.82, 2.24) is 10.3 Å². The lowest BCUT2D eigenvalue weighted by Crippen LogP contribution is -2.42. The van der Waals surface area contributed by atoms with E-state index in [1.165, 1.54) is 12.8 Å². The minimum Gasteiger partial charge on any atom is -0.360 e. The van der Waals surface area contributed by atoms with E-state index in [4.69, 9.17) is 0 Å². The van der Waals surface area contributed by atoms with Crippen molar-refractivity contribution in [3.8, 4) is 0 Å². The summed E-state index contributed by atoms with van der Waals surface area (Å²) < 4.78 is 0. The highest BCUT2D eigenvalue weighted by atomic mass is 32.1. The number of rotatable bonds is 3. The summed E-state index contributed by atoms with van der Waals surface area (Å²) in [7, 11) is 0. The summed E-state index contributed by atoms with van der Waals surface area (Å²) in [6, 6.07) is 0. The molecule has 1 saturated heterocycles. The molecule has 0 radical (unpaired) electrons. The highest BCUT2D eigenvalue weighted by Crippen LogP contribution is 2.20. The van der Waals surface area contributed by atoms with E-state index in [1.807, 2.05) is 11.6 Å². The number of thiazole rings is 1. The smallest absolute Gasteiger partial charge is 0.182 e. The van der Waals surface area contributed by atoms with Crippen LogP contribution in [0.1, 0.15) is 19.8 Å². The fraction of sp³-hybridized carbons (Fsp3) is 0.667. The van der Waals surface area contributed by atoms with Crippen LogP contribution in [0.2, 0.25) is 0 Å². The van der Waals surface area contributed by atoms with Gasteiger partial charge in [-0.2, -0.15) is 0 Å². The van der Waals surface area contributed by atoms with Crippen molar-refractivity contribution in [2.45, 2.75) is 25.3 Å². The van der Waals surface area contributed by atoms with Gasteiger partial charge in [-0.05, 0) is 26.3 Å². The lowest BCUT2D eigenvalue weighted by Gasteiger charge is -2.24. The van der Waals surface area contributed by atoms with Gasteiger partial charge >= 0.3 is 0 Å². The molecule has 2 N–H and O–H groups in total. The van der Waals surface area contributed by atoms with Gasteiger partial charge in [0, 0.05) is 23.7 Å². The van der Waals surface area contributed by atoms with Gasteiger partial charge in [0.15, 0.2) is 5.13 Å². The lowest BCUT2D eigenvalue weighted by atomic mass is 10.0. The average molecular weight is 197 g/mol. The number of nitrogens with one attached hydrogen (secondary N) is 2. The van der Waals surface area contributed by atoms with E-state index < -0.39 is 0 Å². The minimum atomic E-state index is 0.270. The molecule has 13 heavy (non-hydrogen) atoms. The largest absolute Gasteiger partial charge is 0.360 e. The van der Waals surface area contributed by atoms with Crippen LogP contribution in [-0.4, -0.2) is 23.6 Å². The molecule has 0 spiro atoms. The van der Waals surface area contributed by atoms with Gasteiger partial charge in [-0.1, -0.05) is 0 Å². The van der Waals surface area contributed by atoms with Crippen molar-refractivity contribution in [3.05, 3.63) is 11.6 Å². The molecule has 1 unspecified atom stereocenters. The van der Waals surface area contributed by atoms with Crippen molar-refractivity contribution in [3.63, 3.8) is 0 Å². The summed E-state index contributed by atoms with van der Waals surface area (Å²) in [6.07, 6.45) is 4.37. The van der Waals surface area contributed by atoms with Gasteiger partial charge in [0.1, 0.15) is 0 Å². The quantitative estimate of drug-likeness (QED) is 0.774. The van der Waals surface area contributed by atoms with Crippen LogP contribution in [0.5, 0.6) is 0 Å². The molecule has 1 atom stereocenters. The van der Waals surface area contributed by atoms with Crippen LogP contribution in [0.3, 0.4) is 0 Å². The van der Waals surface area contributed by atoms with Crippen LogP contribution in [0.15, 0.2) is 11.6 Å². The second-order valence-electron chi connectivity index (χ2n) is 3.78. The third-order valence-electron chi connectivity index (χ3n) is 2.52. The summed E-state index contributed by atoms with van der Waals surface area (Å²) >= 11 is 1.65. The van der Waals surface area contributed by atoms with Gasteiger partial charge in [0.05, 0.1) is 0 Å². The van der Waals surface area contributed by atoms with Gasteiger partial charge in [-0.25, -0.2) is 4.98 Å². The molecule has 0 amide bonds. The second-order valence-corrected chi connectivity index (χ2v) is 4.68. The third-order valence-corrected chi connectivity index (χ3v) is 3.25. The zero-order valence-corrected chi connectivity index (χ0v) is 8.66. The van der Waals surface area contributed by atoms with E-state index in [9.17, 15) is 0 Å². The molecule has 1 aromatic heterocycles. The van der Waals surface area contributed by atoms with Crippen molar-refractivity contribution >= 4 is 16.5 Å². The first-order valence-electron chi connectivity index (χ1n) is 4.67.